The number of nitrogens with one attached hydrogen (secondary N) is 2. The number of benzene rings is 1. The van der Waals surface area contributed by atoms with Crippen molar-refractivity contribution in [1.29, 1.82) is 0 Å². The van der Waals surface area contributed by atoms with Gasteiger partial charge in [0.1, 0.15) is 11.6 Å². The van der Waals surface area contributed by atoms with E-state index in [1.807, 2.05) is 6.07 Å². The molecule has 2 amide bonds. The monoisotopic (exact) mass is 325 g/mol. The second-order valence-electron chi connectivity index (χ2n) is 6.00. The van der Waals surface area contributed by atoms with Crippen molar-refractivity contribution in [3.05, 3.63) is 53.2 Å². The molecule has 1 aromatic heterocycles. The van der Waals surface area contributed by atoms with E-state index in [2.05, 4.69) is 15.6 Å². The van der Waals surface area contributed by atoms with Crippen molar-refractivity contribution >= 4 is 17.6 Å². The first-order valence-corrected chi connectivity index (χ1v) is 7.87. The topological polar surface area (TPSA) is 91.3 Å². The first-order valence-electron chi connectivity index (χ1n) is 7.87. The molecule has 0 bridgehead atoms. The van der Waals surface area contributed by atoms with Gasteiger partial charge in [0.05, 0.1) is 0 Å². The van der Waals surface area contributed by atoms with E-state index in [4.69, 9.17) is 0 Å². The maximum atomic E-state index is 12.3. The summed E-state index contributed by atoms with van der Waals surface area (Å²) in [6, 6.07) is 9.96. The standard InChI is InChI=1S/C18H19N3O3/c1-11-7-14(9-16(20-11)21-18(24)13-5-6-13)17(23)19-10-12-3-2-4-15(22)8-12/h2-4,7-9,13,22H,5-6,10H2,1H3,(H,19,23)(H,20,21,24). The summed E-state index contributed by atoms with van der Waals surface area (Å²) in [5, 5.41) is 15.0. The number of carbonyl (C=O) groups is 2. The normalized spacial score (nSPS) is 13.4. The van der Waals surface area contributed by atoms with Crippen molar-refractivity contribution in [3.63, 3.8) is 0 Å². The van der Waals surface area contributed by atoms with Crippen molar-refractivity contribution in [2.24, 2.45) is 5.92 Å². The van der Waals surface area contributed by atoms with Crippen LogP contribution in [-0.4, -0.2) is 21.9 Å². The molecule has 24 heavy (non-hydrogen) atoms. The van der Waals surface area contributed by atoms with Crippen LogP contribution in [0.2, 0.25) is 0 Å². The van der Waals surface area contributed by atoms with E-state index in [1.54, 1.807) is 37.3 Å². The van der Waals surface area contributed by atoms with Crippen molar-refractivity contribution in [1.82, 2.24) is 10.3 Å². The molecule has 1 aromatic carbocycles. The van der Waals surface area contributed by atoms with Crippen LogP contribution in [0.1, 0.15) is 34.5 Å². The lowest BCUT2D eigenvalue weighted by atomic mass is 10.2. The van der Waals surface area contributed by atoms with Crippen LogP contribution < -0.4 is 10.6 Å². The highest BCUT2D eigenvalue weighted by Gasteiger charge is 2.29. The summed E-state index contributed by atoms with van der Waals surface area (Å²) in [4.78, 5) is 28.4. The maximum absolute atomic E-state index is 12.3. The van der Waals surface area contributed by atoms with E-state index < -0.39 is 0 Å². The van der Waals surface area contributed by atoms with Gasteiger partial charge in [-0.25, -0.2) is 4.98 Å². The van der Waals surface area contributed by atoms with E-state index in [1.165, 1.54) is 0 Å². The predicted molar refractivity (Wildman–Crippen MR) is 89.6 cm³/mol. The van der Waals surface area contributed by atoms with Gasteiger partial charge in [-0.15, -0.1) is 0 Å². The quantitative estimate of drug-likeness (QED) is 0.787. The number of pyridine rings is 1. The van der Waals surface area contributed by atoms with Crippen LogP contribution in [-0.2, 0) is 11.3 Å². The number of hydrogen-bond acceptors (Lipinski definition) is 4. The Hall–Kier alpha value is -2.89. The SMILES string of the molecule is Cc1cc(C(=O)NCc2cccc(O)c2)cc(NC(=O)C2CC2)n1. The Morgan fingerprint density at radius 3 is 2.75 bits per heavy atom. The molecule has 0 aliphatic heterocycles. The zero-order valence-corrected chi connectivity index (χ0v) is 13.4. The lowest BCUT2D eigenvalue weighted by Crippen LogP contribution is -2.23. The fourth-order valence-electron chi connectivity index (χ4n) is 2.39. The molecule has 0 radical (unpaired) electrons. The van der Waals surface area contributed by atoms with Crippen LogP contribution in [0.3, 0.4) is 0 Å². The Bertz CT molecular complexity index is 785. The van der Waals surface area contributed by atoms with Gasteiger partial charge in [-0.2, -0.15) is 0 Å². The third-order valence-electron chi connectivity index (χ3n) is 3.78. The minimum absolute atomic E-state index is 0.0424. The van der Waals surface area contributed by atoms with E-state index in [9.17, 15) is 14.7 Å². The minimum atomic E-state index is -0.259. The fraction of sp³-hybridized carbons (Fsp3) is 0.278. The summed E-state index contributed by atoms with van der Waals surface area (Å²) in [5.74, 6) is 0.335. The number of aromatic hydroxyl groups is 1. The average molecular weight is 325 g/mol. The zero-order valence-electron chi connectivity index (χ0n) is 13.4. The average Bonchev–Trinajstić information content (AvgIpc) is 3.37. The summed E-state index contributed by atoms with van der Waals surface area (Å²) in [6.07, 6.45) is 1.82. The number of rotatable bonds is 5. The fourth-order valence-corrected chi connectivity index (χ4v) is 2.39. The van der Waals surface area contributed by atoms with Gasteiger partial charge in [0, 0.05) is 23.7 Å². The number of phenols is 1. The Labute approximate surface area is 139 Å². The molecule has 3 rings (SSSR count). The number of phenolic OH excluding ortho intramolecular Hbond substituents is 1. The van der Waals surface area contributed by atoms with Crippen LogP contribution in [0.5, 0.6) is 5.75 Å². The molecule has 6 heteroatoms. The predicted octanol–water partition coefficient (Wildman–Crippen LogP) is 2.37. The van der Waals surface area contributed by atoms with Gasteiger partial charge >= 0.3 is 0 Å². The third kappa shape index (κ3) is 4.10. The van der Waals surface area contributed by atoms with Gasteiger partial charge in [0.2, 0.25) is 5.91 Å². The Morgan fingerprint density at radius 1 is 1.25 bits per heavy atom. The van der Waals surface area contributed by atoms with Crippen molar-refractivity contribution in [2.45, 2.75) is 26.3 Å². The number of aromatic nitrogens is 1. The van der Waals surface area contributed by atoms with Gasteiger partial charge in [-0.05, 0) is 49.6 Å². The Kier molecular flexibility index (Phi) is 4.46. The summed E-state index contributed by atoms with van der Waals surface area (Å²) in [7, 11) is 0. The van der Waals surface area contributed by atoms with Gasteiger partial charge in [-0.1, -0.05) is 12.1 Å². The number of amides is 2. The molecule has 1 fully saturated rings. The van der Waals surface area contributed by atoms with Crippen molar-refractivity contribution in [2.75, 3.05) is 5.32 Å². The maximum Gasteiger partial charge on any atom is 0.251 e. The molecule has 6 nitrogen and oxygen atoms in total. The lowest BCUT2D eigenvalue weighted by molar-refractivity contribution is -0.117. The second-order valence-corrected chi connectivity index (χ2v) is 6.00. The summed E-state index contributed by atoms with van der Waals surface area (Å²) in [5.41, 5.74) is 1.90. The molecular weight excluding hydrogens is 306 g/mol. The highest BCUT2D eigenvalue weighted by atomic mass is 16.3. The van der Waals surface area contributed by atoms with Crippen molar-refractivity contribution in [3.8, 4) is 5.75 Å². The minimum Gasteiger partial charge on any atom is -0.508 e. The molecule has 0 spiro atoms. The molecule has 2 aromatic rings. The van der Waals surface area contributed by atoms with E-state index >= 15 is 0 Å². The largest absolute Gasteiger partial charge is 0.508 e. The number of anilines is 1. The molecule has 0 atom stereocenters. The highest BCUT2D eigenvalue weighted by Crippen LogP contribution is 2.30. The van der Waals surface area contributed by atoms with E-state index in [-0.39, 0.29) is 23.5 Å². The molecule has 1 heterocycles. The van der Waals surface area contributed by atoms with Gasteiger partial charge in [-0.3, -0.25) is 9.59 Å². The second kappa shape index (κ2) is 6.70. The van der Waals surface area contributed by atoms with E-state index in [0.717, 1.165) is 18.4 Å². The number of aryl methyl sites for hydroxylation is 1. The molecule has 1 saturated carbocycles. The first kappa shape index (κ1) is 16.0. The molecule has 1 aliphatic carbocycles. The lowest BCUT2D eigenvalue weighted by Gasteiger charge is -2.09. The van der Waals surface area contributed by atoms with Crippen LogP contribution in [0, 0.1) is 12.8 Å². The van der Waals surface area contributed by atoms with Crippen LogP contribution in [0.25, 0.3) is 0 Å². The number of carbonyl (C=O) groups excluding carboxylic acids is 2. The summed E-state index contributed by atoms with van der Waals surface area (Å²) >= 11 is 0. The molecule has 0 saturated heterocycles. The van der Waals surface area contributed by atoms with E-state index in [0.29, 0.717) is 23.6 Å². The Balaban J connectivity index is 1.67. The highest BCUT2D eigenvalue weighted by molar-refractivity contribution is 5.97. The molecule has 1 aliphatic rings. The Morgan fingerprint density at radius 2 is 2.04 bits per heavy atom. The first-order chi connectivity index (χ1) is 11.5. The smallest absolute Gasteiger partial charge is 0.251 e. The van der Waals surface area contributed by atoms with Crippen molar-refractivity contribution < 1.29 is 14.7 Å². The van der Waals surface area contributed by atoms with Crippen LogP contribution in [0.15, 0.2) is 36.4 Å². The number of nitrogens with zero attached hydrogens (tertiary/aromatic N) is 1. The third-order valence-corrected chi connectivity index (χ3v) is 3.78. The van der Waals surface area contributed by atoms with Crippen LogP contribution >= 0.6 is 0 Å². The molecule has 124 valence electrons. The van der Waals surface area contributed by atoms with Gasteiger partial charge < -0.3 is 15.7 Å². The molecule has 0 unspecified atom stereocenters. The van der Waals surface area contributed by atoms with Gasteiger partial charge in [0.15, 0.2) is 0 Å². The summed E-state index contributed by atoms with van der Waals surface area (Å²) in [6.45, 7) is 2.08. The van der Waals surface area contributed by atoms with Gasteiger partial charge in [0.25, 0.3) is 5.91 Å². The summed E-state index contributed by atoms with van der Waals surface area (Å²) < 4.78 is 0. The number of hydrogen-bond donors (Lipinski definition) is 3. The van der Waals surface area contributed by atoms with Crippen LogP contribution in [0.4, 0.5) is 5.82 Å². The molecular formula is C18H19N3O3. The molecule has 3 N–H and O–H groups in total. The zero-order chi connectivity index (χ0) is 17.1.